The Hall–Kier alpha value is -2.82. The minimum Gasteiger partial charge on any atom is -0.489 e. The Labute approximate surface area is 115 Å². The van der Waals surface area contributed by atoms with Crippen molar-refractivity contribution in [3.05, 3.63) is 70.4 Å². The Kier molecular flexibility index (Phi) is 3.09. The van der Waals surface area contributed by atoms with Gasteiger partial charge in [-0.25, -0.2) is 0 Å². The number of rotatable bonds is 4. The number of hydrogen-bond donors (Lipinski definition) is 1. The third-order valence-electron chi connectivity index (χ3n) is 3.08. The highest BCUT2D eigenvalue weighted by Gasteiger charge is 2.04. The normalized spacial score (nSPS) is 10.6. The summed E-state index contributed by atoms with van der Waals surface area (Å²) in [4.78, 5) is 13.3. The molecule has 0 aliphatic heterocycles. The topological polar surface area (TPSA) is 68.2 Å². The van der Waals surface area contributed by atoms with E-state index in [2.05, 4.69) is 4.98 Å². The monoisotopic (exact) mass is 268 g/mol. The van der Waals surface area contributed by atoms with E-state index in [-0.39, 0.29) is 5.69 Å². The highest BCUT2D eigenvalue weighted by atomic mass is 16.6. The van der Waals surface area contributed by atoms with Crippen LogP contribution in [0.4, 0.5) is 5.69 Å². The Bertz CT molecular complexity index is 747. The van der Waals surface area contributed by atoms with E-state index in [1.165, 1.54) is 12.1 Å². The summed E-state index contributed by atoms with van der Waals surface area (Å²) in [7, 11) is 0. The van der Waals surface area contributed by atoms with Crippen molar-refractivity contribution in [1.29, 1.82) is 0 Å². The molecule has 0 aliphatic rings. The molecular weight excluding hydrogens is 256 g/mol. The third kappa shape index (κ3) is 2.47. The Morgan fingerprint density at radius 1 is 1.10 bits per heavy atom. The van der Waals surface area contributed by atoms with E-state index in [0.29, 0.717) is 6.61 Å². The molecule has 0 bridgehead atoms. The molecule has 0 amide bonds. The van der Waals surface area contributed by atoms with Crippen LogP contribution in [-0.4, -0.2) is 9.91 Å². The molecule has 100 valence electrons. The number of nitrogens with zero attached hydrogens (tertiary/aromatic N) is 1. The van der Waals surface area contributed by atoms with Gasteiger partial charge in [0.15, 0.2) is 0 Å². The van der Waals surface area contributed by atoms with Gasteiger partial charge in [0.25, 0.3) is 5.69 Å². The first kappa shape index (κ1) is 12.2. The lowest BCUT2D eigenvalue weighted by Crippen LogP contribution is -1.96. The van der Waals surface area contributed by atoms with Crippen LogP contribution in [0.1, 0.15) is 5.56 Å². The maximum atomic E-state index is 10.6. The predicted molar refractivity (Wildman–Crippen MR) is 75.7 cm³/mol. The largest absolute Gasteiger partial charge is 0.489 e. The summed E-state index contributed by atoms with van der Waals surface area (Å²) in [6.07, 6.45) is 1.88. The number of nitro benzene ring substituents is 1. The molecule has 0 unspecified atom stereocenters. The van der Waals surface area contributed by atoms with Crippen molar-refractivity contribution in [3.63, 3.8) is 0 Å². The lowest BCUT2D eigenvalue weighted by Gasteiger charge is -2.06. The summed E-state index contributed by atoms with van der Waals surface area (Å²) in [6, 6.07) is 14.2. The quantitative estimate of drug-likeness (QED) is 0.580. The van der Waals surface area contributed by atoms with E-state index in [9.17, 15) is 10.1 Å². The molecule has 20 heavy (non-hydrogen) atoms. The summed E-state index contributed by atoms with van der Waals surface area (Å²) in [5.41, 5.74) is 2.04. The first-order valence-corrected chi connectivity index (χ1v) is 6.16. The van der Waals surface area contributed by atoms with Crippen molar-refractivity contribution < 1.29 is 9.66 Å². The second-order valence-electron chi connectivity index (χ2n) is 4.44. The number of H-pyrrole nitrogens is 1. The van der Waals surface area contributed by atoms with E-state index >= 15 is 0 Å². The summed E-state index contributed by atoms with van der Waals surface area (Å²) in [5.74, 6) is 0.774. The van der Waals surface area contributed by atoms with Crippen LogP contribution in [-0.2, 0) is 6.61 Å². The van der Waals surface area contributed by atoms with Crippen LogP contribution in [0.5, 0.6) is 5.75 Å². The van der Waals surface area contributed by atoms with E-state index in [1.807, 2.05) is 30.5 Å². The van der Waals surface area contributed by atoms with Crippen LogP contribution in [0, 0.1) is 10.1 Å². The Balaban J connectivity index is 1.70. The van der Waals surface area contributed by atoms with Gasteiger partial charge < -0.3 is 9.72 Å². The van der Waals surface area contributed by atoms with Gasteiger partial charge in [0.05, 0.1) is 4.92 Å². The lowest BCUT2D eigenvalue weighted by atomic mass is 10.2. The summed E-state index contributed by atoms with van der Waals surface area (Å²) in [6.45, 7) is 0.383. The molecule has 5 nitrogen and oxygen atoms in total. The van der Waals surface area contributed by atoms with Gasteiger partial charge in [-0.15, -0.1) is 0 Å². The van der Waals surface area contributed by atoms with Gasteiger partial charge >= 0.3 is 0 Å². The van der Waals surface area contributed by atoms with E-state index in [1.54, 1.807) is 12.1 Å². The van der Waals surface area contributed by atoms with Gasteiger partial charge in [0, 0.05) is 29.2 Å². The molecule has 0 saturated carbocycles. The molecule has 0 radical (unpaired) electrons. The van der Waals surface area contributed by atoms with Crippen molar-refractivity contribution in [2.24, 2.45) is 0 Å². The predicted octanol–water partition coefficient (Wildman–Crippen LogP) is 3.66. The van der Waals surface area contributed by atoms with Crippen molar-refractivity contribution in [3.8, 4) is 5.75 Å². The highest BCUT2D eigenvalue weighted by Crippen LogP contribution is 2.21. The average molecular weight is 268 g/mol. The molecule has 1 N–H and O–H groups in total. The van der Waals surface area contributed by atoms with Gasteiger partial charge in [-0.05, 0) is 42.0 Å². The summed E-state index contributed by atoms with van der Waals surface area (Å²) in [5, 5.41) is 11.7. The van der Waals surface area contributed by atoms with Crippen LogP contribution in [0.2, 0.25) is 0 Å². The van der Waals surface area contributed by atoms with Crippen molar-refractivity contribution in [1.82, 2.24) is 4.98 Å². The SMILES string of the molecule is O=[N+]([O-])c1ccc(COc2ccc3[nH]ccc3c2)cc1. The second kappa shape index (κ2) is 5.05. The van der Waals surface area contributed by atoms with Crippen molar-refractivity contribution >= 4 is 16.6 Å². The lowest BCUT2D eigenvalue weighted by molar-refractivity contribution is -0.384. The molecule has 1 aromatic heterocycles. The Morgan fingerprint density at radius 2 is 1.90 bits per heavy atom. The minimum atomic E-state index is -0.412. The molecule has 0 fully saturated rings. The van der Waals surface area contributed by atoms with Gasteiger partial charge in [0.2, 0.25) is 0 Å². The molecule has 0 saturated heterocycles. The fourth-order valence-electron chi connectivity index (χ4n) is 2.00. The molecule has 3 rings (SSSR count). The number of fused-ring (bicyclic) bond motifs is 1. The standard InChI is InChI=1S/C15H12N2O3/c18-17(19)13-3-1-11(2-4-13)10-20-14-5-6-15-12(9-14)7-8-16-15/h1-9,16H,10H2. The van der Waals surface area contributed by atoms with Crippen LogP contribution in [0.15, 0.2) is 54.7 Å². The zero-order chi connectivity index (χ0) is 13.9. The fraction of sp³-hybridized carbons (Fsp3) is 0.0667. The number of nitrogens with one attached hydrogen (secondary N) is 1. The van der Waals surface area contributed by atoms with Crippen LogP contribution >= 0.6 is 0 Å². The fourth-order valence-corrected chi connectivity index (χ4v) is 2.00. The molecule has 0 spiro atoms. The first-order chi connectivity index (χ1) is 9.72. The summed E-state index contributed by atoms with van der Waals surface area (Å²) < 4.78 is 5.69. The number of ether oxygens (including phenoxy) is 1. The van der Waals surface area contributed by atoms with Crippen LogP contribution < -0.4 is 4.74 Å². The van der Waals surface area contributed by atoms with Crippen LogP contribution in [0.25, 0.3) is 10.9 Å². The van der Waals surface area contributed by atoms with E-state index < -0.39 is 4.92 Å². The number of aromatic amines is 1. The van der Waals surface area contributed by atoms with Gasteiger partial charge in [0.1, 0.15) is 12.4 Å². The number of non-ortho nitro benzene ring substituents is 1. The Morgan fingerprint density at radius 3 is 2.65 bits per heavy atom. The van der Waals surface area contributed by atoms with Gasteiger partial charge in [-0.1, -0.05) is 0 Å². The maximum Gasteiger partial charge on any atom is 0.269 e. The molecule has 1 heterocycles. The number of aromatic nitrogens is 1. The minimum absolute atomic E-state index is 0.0856. The molecule has 2 aromatic carbocycles. The smallest absolute Gasteiger partial charge is 0.269 e. The third-order valence-corrected chi connectivity index (χ3v) is 3.08. The summed E-state index contributed by atoms with van der Waals surface area (Å²) >= 11 is 0. The highest BCUT2D eigenvalue weighted by molar-refractivity contribution is 5.80. The van der Waals surface area contributed by atoms with Crippen molar-refractivity contribution in [2.75, 3.05) is 0 Å². The molecule has 5 heteroatoms. The number of benzene rings is 2. The molecular formula is C15H12N2O3. The maximum absolute atomic E-state index is 10.6. The zero-order valence-corrected chi connectivity index (χ0v) is 10.6. The first-order valence-electron chi connectivity index (χ1n) is 6.16. The molecule has 3 aromatic rings. The van der Waals surface area contributed by atoms with Gasteiger partial charge in [-0.2, -0.15) is 0 Å². The second-order valence-corrected chi connectivity index (χ2v) is 4.44. The number of nitro groups is 1. The average Bonchev–Trinajstić information content (AvgIpc) is 2.93. The van der Waals surface area contributed by atoms with E-state index in [0.717, 1.165) is 22.2 Å². The molecule has 0 aliphatic carbocycles. The zero-order valence-electron chi connectivity index (χ0n) is 10.6. The van der Waals surface area contributed by atoms with Gasteiger partial charge in [-0.3, -0.25) is 10.1 Å². The number of hydrogen-bond acceptors (Lipinski definition) is 3. The van der Waals surface area contributed by atoms with Crippen molar-refractivity contribution in [2.45, 2.75) is 6.61 Å². The van der Waals surface area contributed by atoms with E-state index in [4.69, 9.17) is 4.74 Å². The van der Waals surface area contributed by atoms with Crippen LogP contribution in [0.3, 0.4) is 0 Å². The molecule has 0 atom stereocenters.